The summed E-state index contributed by atoms with van der Waals surface area (Å²) >= 11 is 3.39. The Morgan fingerprint density at radius 3 is 2.95 bits per heavy atom. The fraction of sp³-hybridized carbons (Fsp3) is 0.200. The van der Waals surface area contributed by atoms with Crippen LogP contribution in [-0.4, -0.2) is 25.7 Å². The minimum atomic E-state index is -0.469. The monoisotopic (exact) mass is 331 g/mol. The number of aliphatic hydroxyl groups excluding tert-OH is 1. The average molecular weight is 332 g/mol. The van der Waals surface area contributed by atoms with Crippen molar-refractivity contribution in [2.24, 2.45) is 0 Å². The van der Waals surface area contributed by atoms with E-state index in [9.17, 15) is 5.11 Å². The molecule has 1 N–H and O–H groups in total. The van der Waals surface area contributed by atoms with Crippen LogP contribution >= 0.6 is 15.9 Å². The summed E-state index contributed by atoms with van der Waals surface area (Å²) in [6, 6.07) is 9.89. The van der Waals surface area contributed by atoms with Crippen LogP contribution in [0.1, 0.15) is 5.56 Å². The number of nitrogens with zero attached hydrogens (tertiary/aromatic N) is 3. The quantitative estimate of drug-likeness (QED) is 0.799. The minimum Gasteiger partial charge on any atom is -0.391 e. The van der Waals surface area contributed by atoms with E-state index in [1.807, 2.05) is 34.9 Å². The van der Waals surface area contributed by atoms with Gasteiger partial charge in [-0.15, -0.1) is 0 Å². The van der Waals surface area contributed by atoms with E-state index >= 15 is 0 Å². The highest BCUT2D eigenvalue weighted by atomic mass is 79.9. The van der Waals surface area contributed by atoms with Gasteiger partial charge in [0.1, 0.15) is 0 Å². The van der Waals surface area contributed by atoms with Crippen molar-refractivity contribution in [2.45, 2.75) is 19.1 Å². The topological polar surface area (TPSA) is 50.9 Å². The first-order valence-electron chi connectivity index (χ1n) is 6.40. The van der Waals surface area contributed by atoms with E-state index in [0.29, 0.717) is 13.0 Å². The van der Waals surface area contributed by atoms with Gasteiger partial charge in [-0.05, 0) is 39.7 Å². The van der Waals surface area contributed by atoms with Crippen molar-refractivity contribution in [1.29, 1.82) is 0 Å². The molecule has 0 amide bonds. The molecule has 2 aromatic heterocycles. The Labute approximate surface area is 125 Å². The fourth-order valence-corrected chi connectivity index (χ4v) is 2.70. The molecule has 0 spiro atoms. The molecule has 3 rings (SSSR count). The second-order valence-electron chi connectivity index (χ2n) is 4.76. The zero-order valence-electron chi connectivity index (χ0n) is 10.8. The summed E-state index contributed by atoms with van der Waals surface area (Å²) in [6.45, 7) is 0.521. The molecule has 1 aromatic carbocycles. The zero-order valence-corrected chi connectivity index (χ0v) is 12.4. The molecular formula is C15H14BrN3O. The van der Waals surface area contributed by atoms with E-state index in [1.165, 1.54) is 0 Å². The number of pyridine rings is 1. The van der Waals surface area contributed by atoms with E-state index < -0.39 is 6.10 Å². The summed E-state index contributed by atoms with van der Waals surface area (Å²) < 4.78 is 2.90. The van der Waals surface area contributed by atoms with Crippen LogP contribution < -0.4 is 0 Å². The van der Waals surface area contributed by atoms with Gasteiger partial charge in [0.05, 0.1) is 30.0 Å². The molecule has 3 aromatic rings. The van der Waals surface area contributed by atoms with Gasteiger partial charge in [-0.3, -0.25) is 4.98 Å². The van der Waals surface area contributed by atoms with Gasteiger partial charge in [0, 0.05) is 23.3 Å². The summed E-state index contributed by atoms with van der Waals surface area (Å²) in [6.07, 6.45) is 5.38. The molecule has 20 heavy (non-hydrogen) atoms. The van der Waals surface area contributed by atoms with Crippen LogP contribution in [0.4, 0.5) is 0 Å². The number of hydrogen-bond acceptors (Lipinski definition) is 3. The van der Waals surface area contributed by atoms with E-state index in [1.54, 1.807) is 18.7 Å². The number of hydrogen-bond donors (Lipinski definition) is 1. The summed E-state index contributed by atoms with van der Waals surface area (Å²) in [7, 11) is 0. The molecule has 0 aliphatic carbocycles. The molecule has 4 nitrogen and oxygen atoms in total. The Morgan fingerprint density at radius 1 is 1.25 bits per heavy atom. The molecule has 2 heterocycles. The van der Waals surface area contributed by atoms with E-state index in [4.69, 9.17) is 0 Å². The van der Waals surface area contributed by atoms with Crippen LogP contribution in [0.2, 0.25) is 0 Å². The second kappa shape index (κ2) is 5.73. The summed E-state index contributed by atoms with van der Waals surface area (Å²) in [5.74, 6) is 0. The molecule has 0 aliphatic rings. The molecule has 0 radical (unpaired) electrons. The number of benzene rings is 1. The highest BCUT2D eigenvalue weighted by Gasteiger charge is 2.09. The molecule has 1 unspecified atom stereocenters. The third-order valence-electron chi connectivity index (χ3n) is 3.17. The normalized spacial score (nSPS) is 12.7. The highest BCUT2D eigenvalue weighted by molar-refractivity contribution is 9.10. The number of imidazole rings is 1. The molecule has 1 atom stereocenters. The highest BCUT2D eigenvalue weighted by Crippen LogP contribution is 2.15. The lowest BCUT2D eigenvalue weighted by molar-refractivity contribution is 0.155. The van der Waals surface area contributed by atoms with Crippen LogP contribution in [0.15, 0.2) is 53.5 Å². The van der Waals surface area contributed by atoms with Crippen molar-refractivity contribution in [1.82, 2.24) is 14.5 Å². The maximum absolute atomic E-state index is 10.2. The molecule has 0 bridgehead atoms. The summed E-state index contributed by atoms with van der Waals surface area (Å²) in [4.78, 5) is 8.43. The van der Waals surface area contributed by atoms with Gasteiger partial charge in [0.15, 0.2) is 0 Å². The lowest BCUT2D eigenvalue weighted by Crippen LogP contribution is -2.18. The van der Waals surface area contributed by atoms with Crippen LogP contribution in [0, 0.1) is 0 Å². The van der Waals surface area contributed by atoms with Gasteiger partial charge in [0.25, 0.3) is 0 Å². The Bertz CT molecular complexity index is 726. The fourth-order valence-electron chi connectivity index (χ4n) is 2.29. The first-order chi connectivity index (χ1) is 9.72. The first kappa shape index (κ1) is 13.3. The third kappa shape index (κ3) is 2.89. The van der Waals surface area contributed by atoms with Crippen molar-refractivity contribution >= 4 is 27.0 Å². The van der Waals surface area contributed by atoms with Crippen molar-refractivity contribution < 1.29 is 5.11 Å². The van der Waals surface area contributed by atoms with Gasteiger partial charge in [-0.2, -0.15) is 0 Å². The van der Waals surface area contributed by atoms with Gasteiger partial charge >= 0.3 is 0 Å². The van der Waals surface area contributed by atoms with Crippen LogP contribution in [0.25, 0.3) is 11.0 Å². The minimum absolute atomic E-state index is 0.469. The SMILES string of the molecule is OC(Cc1cncc(Br)c1)Cn1cnc2ccccc21. The van der Waals surface area contributed by atoms with Crippen molar-refractivity contribution in [3.63, 3.8) is 0 Å². The van der Waals surface area contributed by atoms with Crippen molar-refractivity contribution in [3.05, 3.63) is 59.1 Å². The number of para-hydroxylation sites is 2. The van der Waals surface area contributed by atoms with E-state index in [2.05, 4.69) is 25.9 Å². The summed E-state index contributed by atoms with van der Waals surface area (Å²) in [5, 5.41) is 10.2. The largest absolute Gasteiger partial charge is 0.391 e. The number of rotatable bonds is 4. The van der Waals surface area contributed by atoms with E-state index in [-0.39, 0.29) is 0 Å². The smallest absolute Gasteiger partial charge is 0.0959 e. The van der Waals surface area contributed by atoms with Crippen LogP contribution in [0.5, 0.6) is 0 Å². The number of fused-ring (bicyclic) bond motifs is 1. The molecule has 0 fully saturated rings. The van der Waals surface area contributed by atoms with Crippen LogP contribution in [-0.2, 0) is 13.0 Å². The maximum atomic E-state index is 10.2. The average Bonchev–Trinajstić information content (AvgIpc) is 2.82. The predicted molar refractivity (Wildman–Crippen MR) is 81.4 cm³/mol. The number of halogens is 1. The zero-order chi connectivity index (χ0) is 13.9. The molecule has 0 saturated heterocycles. The van der Waals surface area contributed by atoms with Crippen molar-refractivity contribution in [3.8, 4) is 0 Å². The molecular weight excluding hydrogens is 318 g/mol. The molecule has 102 valence electrons. The summed E-state index contributed by atoms with van der Waals surface area (Å²) in [5.41, 5.74) is 3.00. The maximum Gasteiger partial charge on any atom is 0.0959 e. The molecule has 5 heteroatoms. The Kier molecular flexibility index (Phi) is 3.80. The van der Waals surface area contributed by atoms with Gasteiger partial charge in [0.2, 0.25) is 0 Å². The first-order valence-corrected chi connectivity index (χ1v) is 7.19. The van der Waals surface area contributed by atoms with Crippen molar-refractivity contribution in [2.75, 3.05) is 0 Å². The lowest BCUT2D eigenvalue weighted by atomic mass is 10.1. The second-order valence-corrected chi connectivity index (χ2v) is 5.67. The Hall–Kier alpha value is -1.72. The van der Waals surface area contributed by atoms with Gasteiger partial charge in [-0.1, -0.05) is 12.1 Å². The molecule has 0 aliphatic heterocycles. The Balaban J connectivity index is 1.74. The molecule has 0 saturated carbocycles. The van der Waals surface area contributed by atoms with Gasteiger partial charge in [-0.25, -0.2) is 4.98 Å². The standard InChI is InChI=1S/C15H14BrN3O/c16-12-5-11(7-17-8-12)6-13(20)9-19-10-18-14-3-1-2-4-15(14)19/h1-5,7-8,10,13,20H,6,9H2. The van der Waals surface area contributed by atoms with Crippen LogP contribution in [0.3, 0.4) is 0 Å². The lowest BCUT2D eigenvalue weighted by Gasteiger charge is -2.12. The predicted octanol–water partition coefficient (Wildman–Crippen LogP) is 2.80. The Morgan fingerprint density at radius 2 is 2.10 bits per heavy atom. The number of aromatic nitrogens is 3. The third-order valence-corrected chi connectivity index (χ3v) is 3.60. The number of aliphatic hydroxyl groups is 1. The van der Waals surface area contributed by atoms with Gasteiger partial charge < -0.3 is 9.67 Å². The van der Waals surface area contributed by atoms with E-state index in [0.717, 1.165) is 21.1 Å².